The van der Waals surface area contributed by atoms with Gasteiger partial charge in [-0.25, -0.2) is 5.43 Å². The summed E-state index contributed by atoms with van der Waals surface area (Å²) in [5.41, 5.74) is 4.47. The summed E-state index contributed by atoms with van der Waals surface area (Å²) in [6.07, 6.45) is 1.24. The first-order valence-electron chi connectivity index (χ1n) is 7.50. The van der Waals surface area contributed by atoms with E-state index in [1.54, 1.807) is 0 Å². The summed E-state index contributed by atoms with van der Waals surface area (Å²) in [6, 6.07) is 11.8. The van der Waals surface area contributed by atoms with Crippen LogP contribution in [0.3, 0.4) is 0 Å². The van der Waals surface area contributed by atoms with Crippen LogP contribution >= 0.6 is 0 Å². The van der Waals surface area contributed by atoms with E-state index in [9.17, 15) is 15.2 Å². The molecular weight excluding hydrogens is 338 g/mol. The summed E-state index contributed by atoms with van der Waals surface area (Å²) < 4.78 is 0. The zero-order valence-corrected chi connectivity index (χ0v) is 13.1. The molecule has 0 unspecified atom stereocenters. The number of para-hydroxylation sites is 2. The molecule has 4 rings (SSSR count). The van der Waals surface area contributed by atoms with Crippen LogP contribution < -0.4 is 5.43 Å². The molecule has 2 aromatic heterocycles. The number of hydrogen-bond donors (Lipinski definition) is 3. The van der Waals surface area contributed by atoms with Gasteiger partial charge in [0.15, 0.2) is 5.65 Å². The van der Waals surface area contributed by atoms with E-state index in [1.807, 2.05) is 24.3 Å². The lowest BCUT2D eigenvalue weighted by atomic mass is 10.2. The minimum Gasteiger partial charge on any atom is -0.502 e. The number of aromatic nitrogens is 4. The third-order valence-electron chi connectivity index (χ3n) is 3.73. The van der Waals surface area contributed by atoms with Crippen molar-refractivity contribution in [3.8, 4) is 5.75 Å². The molecular formula is C16H11N7O3. The van der Waals surface area contributed by atoms with E-state index >= 15 is 0 Å². The van der Waals surface area contributed by atoms with Crippen molar-refractivity contribution in [2.75, 3.05) is 5.43 Å². The molecule has 10 nitrogen and oxygen atoms in total. The van der Waals surface area contributed by atoms with Crippen molar-refractivity contribution in [2.24, 2.45) is 5.10 Å². The highest BCUT2D eigenvalue weighted by Crippen LogP contribution is 2.28. The third kappa shape index (κ3) is 2.65. The van der Waals surface area contributed by atoms with E-state index in [0.29, 0.717) is 11.2 Å². The SMILES string of the molecule is O=[N+]([O-])c1cccc(/C=N\Nc2nnc3c(n2)[nH]c2ccccc23)c1O. The smallest absolute Gasteiger partial charge is 0.311 e. The average molecular weight is 349 g/mol. The lowest BCUT2D eigenvalue weighted by Crippen LogP contribution is -1.99. The van der Waals surface area contributed by atoms with Gasteiger partial charge in [0.2, 0.25) is 5.75 Å². The lowest BCUT2D eigenvalue weighted by Gasteiger charge is -2.00. The molecule has 3 N–H and O–H groups in total. The highest BCUT2D eigenvalue weighted by Gasteiger charge is 2.15. The van der Waals surface area contributed by atoms with Crippen molar-refractivity contribution < 1.29 is 10.0 Å². The van der Waals surface area contributed by atoms with E-state index in [2.05, 4.69) is 30.7 Å². The number of fused-ring (bicyclic) bond motifs is 3. The second-order valence-electron chi connectivity index (χ2n) is 5.35. The molecule has 0 bridgehead atoms. The van der Waals surface area contributed by atoms with Gasteiger partial charge in [-0.15, -0.1) is 10.2 Å². The first kappa shape index (κ1) is 15.4. The van der Waals surface area contributed by atoms with Crippen molar-refractivity contribution in [1.82, 2.24) is 20.2 Å². The standard InChI is InChI=1S/C16H11N7O3/c24-14-9(4-3-7-12(14)23(25)26)8-17-21-16-19-15-13(20-22-16)10-5-1-2-6-11(10)18-15/h1-8,24H,(H2,18,19,21,22)/b17-8-. The Bertz CT molecular complexity index is 1170. The van der Waals surface area contributed by atoms with Crippen molar-refractivity contribution in [2.45, 2.75) is 0 Å². The molecule has 0 fully saturated rings. The molecule has 10 heteroatoms. The molecule has 0 aliphatic carbocycles. The summed E-state index contributed by atoms with van der Waals surface area (Å²) in [6.45, 7) is 0. The number of H-pyrrole nitrogens is 1. The van der Waals surface area contributed by atoms with Gasteiger partial charge in [0.05, 0.1) is 11.1 Å². The first-order valence-corrected chi connectivity index (χ1v) is 7.50. The van der Waals surface area contributed by atoms with Crippen LogP contribution in [0.5, 0.6) is 5.75 Å². The molecule has 0 aliphatic heterocycles. The minimum absolute atomic E-state index is 0.144. The molecule has 0 saturated heterocycles. The van der Waals surface area contributed by atoms with Crippen molar-refractivity contribution >= 4 is 39.9 Å². The molecule has 0 saturated carbocycles. The quantitative estimate of drug-likeness (QED) is 0.292. The Kier molecular flexibility index (Phi) is 3.62. The van der Waals surface area contributed by atoms with Gasteiger partial charge in [0, 0.05) is 22.5 Å². The highest BCUT2D eigenvalue weighted by molar-refractivity contribution is 6.03. The molecule has 26 heavy (non-hydrogen) atoms. The molecule has 4 aromatic rings. The number of benzene rings is 2. The highest BCUT2D eigenvalue weighted by atomic mass is 16.6. The number of rotatable bonds is 4. The zero-order valence-electron chi connectivity index (χ0n) is 13.1. The van der Waals surface area contributed by atoms with E-state index < -0.39 is 16.4 Å². The number of nitrogens with zero attached hydrogens (tertiary/aromatic N) is 5. The number of phenols is 1. The topological polar surface area (TPSA) is 142 Å². The predicted molar refractivity (Wildman–Crippen MR) is 95.2 cm³/mol. The number of aromatic amines is 1. The Morgan fingerprint density at radius 1 is 1.19 bits per heavy atom. The maximum Gasteiger partial charge on any atom is 0.311 e. The summed E-state index contributed by atoms with van der Waals surface area (Å²) in [5, 5.41) is 33.6. The summed E-state index contributed by atoms with van der Waals surface area (Å²) in [7, 11) is 0. The number of hydrazone groups is 1. The number of anilines is 1. The second-order valence-corrected chi connectivity index (χ2v) is 5.35. The molecule has 0 atom stereocenters. The van der Waals surface area contributed by atoms with E-state index in [4.69, 9.17) is 0 Å². The zero-order chi connectivity index (χ0) is 18.1. The maximum atomic E-state index is 10.8. The van der Waals surface area contributed by atoms with Crippen LogP contribution in [-0.2, 0) is 0 Å². The van der Waals surface area contributed by atoms with Crippen LogP contribution in [0.1, 0.15) is 5.56 Å². The summed E-state index contributed by atoms with van der Waals surface area (Å²) in [5.74, 6) is -0.321. The number of nitro benzene ring substituents is 1. The first-order chi connectivity index (χ1) is 12.6. The predicted octanol–water partition coefficient (Wildman–Crippen LogP) is 2.57. The molecule has 128 valence electrons. The van der Waals surface area contributed by atoms with Crippen molar-refractivity contribution in [3.05, 3.63) is 58.1 Å². The number of phenolic OH excluding ortho intramolecular Hbond substituents is 1. The van der Waals surface area contributed by atoms with Gasteiger partial charge in [0.1, 0.15) is 5.52 Å². The summed E-state index contributed by atoms with van der Waals surface area (Å²) in [4.78, 5) is 17.6. The Labute approximate surface area is 145 Å². The Hall–Kier alpha value is -4.08. The van der Waals surface area contributed by atoms with Gasteiger partial charge in [-0.3, -0.25) is 10.1 Å². The largest absolute Gasteiger partial charge is 0.502 e. The van der Waals surface area contributed by atoms with Crippen LogP contribution in [0.2, 0.25) is 0 Å². The second kappa shape index (κ2) is 6.09. The average Bonchev–Trinajstić information content (AvgIpc) is 3.00. The fourth-order valence-electron chi connectivity index (χ4n) is 2.53. The lowest BCUT2D eigenvalue weighted by molar-refractivity contribution is -0.385. The fraction of sp³-hybridized carbons (Fsp3) is 0. The minimum atomic E-state index is -0.670. The van der Waals surface area contributed by atoms with E-state index in [0.717, 1.165) is 10.9 Å². The monoisotopic (exact) mass is 349 g/mol. The molecule has 0 amide bonds. The third-order valence-corrected chi connectivity index (χ3v) is 3.73. The molecule has 0 aliphatic rings. The molecule has 0 radical (unpaired) electrons. The van der Waals surface area contributed by atoms with Crippen LogP contribution in [0.4, 0.5) is 11.6 Å². The van der Waals surface area contributed by atoms with Gasteiger partial charge in [0.25, 0.3) is 5.95 Å². The molecule has 2 aromatic carbocycles. The molecule has 2 heterocycles. The van der Waals surface area contributed by atoms with Gasteiger partial charge in [-0.2, -0.15) is 10.1 Å². The number of nitro groups is 1. The number of hydrogen-bond acceptors (Lipinski definition) is 8. The molecule has 0 spiro atoms. The number of aromatic hydroxyl groups is 1. The Morgan fingerprint density at radius 3 is 2.88 bits per heavy atom. The Balaban J connectivity index is 1.60. The van der Waals surface area contributed by atoms with Crippen molar-refractivity contribution in [3.63, 3.8) is 0 Å². The van der Waals surface area contributed by atoms with E-state index in [1.165, 1.54) is 24.4 Å². The maximum absolute atomic E-state index is 10.8. The van der Waals surface area contributed by atoms with Crippen LogP contribution in [0.25, 0.3) is 22.1 Å². The van der Waals surface area contributed by atoms with Gasteiger partial charge in [-0.1, -0.05) is 24.3 Å². The van der Waals surface area contributed by atoms with Crippen LogP contribution in [0, 0.1) is 10.1 Å². The van der Waals surface area contributed by atoms with Crippen molar-refractivity contribution in [1.29, 1.82) is 0 Å². The van der Waals surface area contributed by atoms with Gasteiger partial charge >= 0.3 is 5.69 Å². The van der Waals surface area contributed by atoms with E-state index in [-0.39, 0.29) is 11.5 Å². The van der Waals surface area contributed by atoms with Gasteiger partial charge < -0.3 is 10.1 Å². The van der Waals surface area contributed by atoms with Gasteiger partial charge in [-0.05, 0) is 12.1 Å². The van der Waals surface area contributed by atoms with Crippen LogP contribution in [0.15, 0.2) is 47.6 Å². The van der Waals surface area contributed by atoms with Crippen LogP contribution in [-0.4, -0.2) is 36.4 Å². The normalized spacial score (nSPS) is 11.4. The number of nitrogens with one attached hydrogen (secondary N) is 2. The summed E-state index contributed by atoms with van der Waals surface area (Å²) >= 11 is 0. The fourth-order valence-corrected chi connectivity index (χ4v) is 2.53. The Morgan fingerprint density at radius 2 is 2.04 bits per heavy atom.